The summed E-state index contributed by atoms with van der Waals surface area (Å²) in [5.41, 5.74) is 7.37. The summed E-state index contributed by atoms with van der Waals surface area (Å²) in [4.78, 5) is 0. The van der Waals surface area contributed by atoms with Crippen molar-refractivity contribution in [2.75, 3.05) is 5.32 Å². The van der Waals surface area contributed by atoms with E-state index in [4.69, 9.17) is 0 Å². The number of phenolic OH excluding ortho intramolecular Hbond substituents is 1. The Balaban J connectivity index is 1.89. The van der Waals surface area contributed by atoms with E-state index < -0.39 is 0 Å². The van der Waals surface area contributed by atoms with Crippen LogP contribution in [0.5, 0.6) is 5.75 Å². The average molecular weight is 251 g/mol. The standard InChI is InChI=1S/C17H17NO/c1-9-7-14-15(10(2)17(9)19)13-8-11-5-3-4-6-12(11)16(13)18-14/h3-7,13,16,18-19H,8H2,1-2H3/t13-,16-/m0/s1. The van der Waals surface area contributed by atoms with Gasteiger partial charge in [0, 0.05) is 11.6 Å². The van der Waals surface area contributed by atoms with E-state index in [9.17, 15) is 5.11 Å². The summed E-state index contributed by atoms with van der Waals surface area (Å²) in [6.07, 6.45) is 1.07. The molecule has 0 spiro atoms. The second-order valence-electron chi connectivity index (χ2n) is 5.76. The van der Waals surface area contributed by atoms with Crippen LogP contribution in [0, 0.1) is 13.8 Å². The zero-order chi connectivity index (χ0) is 13.1. The molecule has 1 aliphatic carbocycles. The number of nitrogens with one attached hydrogen (secondary N) is 1. The maximum atomic E-state index is 10.2. The molecule has 2 nitrogen and oxygen atoms in total. The number of hydrogen-bond acceptors (Lipinski definition) is 2. The van der Waals surface area contributed by atoms with Crippen molar-refractivity contribution in [3.05, 3.63) is 58.1 Å². The Bertz CT molecular complexity index is 690. The molecule has 0 amide bonds. The van der Waals surface area contributed by atoms with E-state index in [1.807, 2.05) is 13.8 Å². The van der Waals surface area contributed by atoms with Gasteiger partial charge in [0.25, 0.3) is 0 Å². The van der Waals surface area contributed by atoms with Crippen molar-refractivity contribution in [2.45, 2.75) is 32.2 Å². The highest BCUT2D eigenvalue weighted by Crippen LogP contribution is 2.54. The summed E-state index contributed by atoms with van der Waals surface area (Å²) in [5, 5.41) is 13.8. The molecular weight excluding hydrogens is 234 g/mol. The molecular formula is C17H17NO. The molecule has 0 saturated carbocycles. The molecule has 2 aromatic carbocycles. The molecule has 0 saturated heterocycles. The van der Waals surface area contributed by atoms with Crippen LogP contribution in [-0.2, 0) is 6.42 Å². The molecule has 96 valence electrons. The summed E-state index contributed by atoms with van der Waals surface area (Å²) in [5.74, 6) is 0.927. The van der Waals surface area contributed by atoms with Crippen LogP contribution in [-0.4, -0.2) is 5.11 Å². The lowest BCUT2D eigenvalue weighted by atomic mass is 9.90. The number of phenols is 1. The van der Waals surface area contributed by atoms with Gasteiger partial charge in [-0.3, -0.25) is 0 Å². The Labute approximate surface area is 113 Å². The van der Waals surface area contributed by atoms with E-state index in [1.165, 1.54) is 22.4 Å². The molecule has 2 aliphatic rings. The molecule has 2 N–H and O–H groups in total. The van der Waals surface area contributed by atoms with E-state index in [0.29, 0.717) is 17.7 Å². The van der Waals surface area contributed by atoms with Gasteiger partial charge in [0.05, 0.1) is 6.04 Å². The smallest absolute Gasteiger partial charge is 0.121 e. The normalized spacial score (nSPS) is 22.6. The second-order valence-corrected chi connectivity index (χ2v) is 5.76. The maximum Gasteiger partial charge on any atom is 0.121 e. The van der Waals surface area contributed by atoms with E-state index in [2.05, 4.69) is 35.6 Å². The minimum atomic E-state index is 0.381. The van der Waals surface area contributed by atoms with Crippen LogP contribution in [0.15, 0.2) is 30.3 Å². The highest BCUT2D eigenvalue weighted by molar-refractivity contribution is 5.70. The van der Waals surface area contributed by atoms with Crippen LogP contribution >= 0.6 is 0 Å². The predicted octanol–water partition coefficient (Wildman–Crippen LogP) is 3.82. The van der Waals surface area contributed by atoms with Gasteiger partial charge in [-0.2, -0.15) is 0 Å². The zero-order valence-corrected chi connectivity index (χ0v) is 11.2. The van der Waals surface area contributed by atoms with Gasteiger partial charge >= 0.3 is 0 Å². The largest absolute Gasteiger partial charge is 0.507 e. The highest BCUT2D eigenvalue weighted by Gasteiger charge is 2.40. The van der Waals surface area contributed by atoms with Gasteiger partial charge < -0.3 is 10.4 Å². The van der Waals surface area contributed by atoms with Crippen LogP contribution in [0.4, 0.5) is 5.69 Å². The van der Waals surface area contributed by atoms with E-state index in [1.54, 1.807) is 0 Å². The fourth-order valence-electron chi connectivity index (χ4n) is 3.79. The predicted molar refractivity (Wildman–Crippen MR) is 76.8 cm³/mol. The topological polar surface area (TPSA) is 32.3 Å². The molecule has 2 heteroatoms. The minimum Gasteiger partial charge on any atom is -0.507 e. The van der Waals surface area contributed by atoms with Crippen molar-refractivity contribution in [1.29, 1.82) is 0 Å². The van der Waals surface area contributed by atoms with Gasteiger partial charge in [0.2, 0.25) is 0 Å². The molecule has 1 aliphatic heterocycles. The van der Waals surface area contributed by atoms with E-state index in [-0.39, 0.29) is 0 Å². The monoisotopic (exact) mass is 251 g/mol. The first-order chi connectivity index (χ1) is 9.16. The number of anilines is 1. The van der Waals surface area contributed by atoms with Crippen molar-refractivity contribution in [3.63, 3.8) is 0 Å². The van der Waals surface area contributed by atoms with Gasteiger partial charge in [0.15, 0.2) is 0 Å². The number of aryl methyl sites for hydroxylation is 1. The lowest BCUT2D eigenvalue weighted by Crippen LogP contribution is -2.05. The van der Waals surface area contributed by atoms with Crippen LogP contribution in [0.3, 0.4) is 0 Å². The number of benzene rings is 2. The van der Waals surface area contributed by atoms with Crippen LogP contribution in [0.2, 0.25) is 0 Å². The average Bonchev–Trinajstić information content (AvgIpc) is 2.91. The lowest BCUT2D eigenvalue weighted by Gasteiger charge is -2.13. The molecule has 0 unspecified atom stereocenters. The Kier molecular flexibility index (Phi) is 2.03. The summed E-state index contributed by atoms with van der Waals surface area (Å²) < 4.78 is 0. The lowest BCUT2D eigenvalue weighted by molar-refractivity contribution is 0.465. The Morgan fingerprint density at radius 2 is 2.00 bits per heavy atom. The van der Waals surface area contributed by atoms with Gasteiger partial charge in [-0.15, -0.1) is 0 Å². The third kappa shape index (κ3) is 1.31. The zero-order valence-electron chi connectivity index (χ0n) is 11.2. The summed E-state index contributed by atoms with van der Waals surface area (Å²) in [7, 11) is 0. The molecule has 0 fully saturated rings. The van der Waals surface area contributed by atoms with Gasteiger partial charge in [0.1, 0.15) is 5.75 Å². The Hall–Kier alpha value is -1.96. The van der Waals surface area contributed by atoms with E-state index >= 15 is 0 Å². The first-order valence-corrected chi connectivity index (χ1v) is 6.84. The third-order valence-corrected chi connectivity index (χ3v) is 4.70. The number of hydrogen-bond donors (Lipinski definition) is 2. The van der Waals surface area contributed by atoms with Gasteiger partial charge in [-0.25, -0.2) is 0 Å². The molecule has 0 aromatic heterocycles. The highest BCUT2D eigenvalue weighted by atomic mass is 16.3. The summed E-state index contributed by atoms with van der Waals surface area (Å²) >= 11 is 0. The Morgan fingerprint density at radius 3 is 2.84 bits per heavy atom. The fraction of sp³-hybridized carbons (Fsp3) is 0.294. The van der Waals surface area contributed by atoms with Crippen LogP contribution in [0.1, 0.15) is 39.8 Å². The van der Waals surface area contributed by atoms with Crippen molar-refractivity contribution >= 4 is 5.69 Å². The SMILES string of the molecule is Cc1cc2c(c(C)c1O)[C@@H]1Cc3ccccc3[C@@H]1N2. The fourth-order valence-corrected chi connectivity index (χ4v) is 3.79. The summed E-state index contributed by atoms with van der Waals surface area (Å²) in [6.45, 7) is 4.00. The Morgan fingerprint density at radius 1 is 1.21 bits per heavy atom. The van der Waals surface area contributed by atoms with Gasteiger partial charge in [-0.05, 0) is 54.2 Å². The number of fused-ring (bicyclic) bond motifs is 5. The number of rotatable bonds is 0. The first kappa shape index (κ1) is 10.9. The third-order valence-electron chi connectivity index (χ3n) is 4.70. The van der Waals surface area contributed by atoms with E-state index in [0.717, 1.165) is 17.5 Å². The number of aromatic hydroxyl groups is 1. The summed E-state index contributed by atoms with van der Waals surface area (Å²) in [6, 6.07) is 11.1. The molecule has 1 heterocycles. The quantitative estimate of drug-likeness (QED) is 0.698. The first-order valence-electron chi connectivity index (χ1n) is 6.84. The maximum absolute atomic E-state index is 10.2. The molecule has 0 radical (unpaired) electrons. The van der Waals surface area contributed by atoms with Crippen LogP contribution < -0.4 is 5.32 Å². The molecule has 0 bridgehead atoms. The molecule has 4 rings (SSSR count). The van der Waals surface area contributed by atoms with Crippen LogP contribution in [0.25, 0.3) is 0 Å². The van der Waals surface area contributed by atoms with Crippen molar-refractivity contribution in [3.8, 4) is 5.75 Å². The molecule has 2 aromatic rings. The molecule has 2 atom stereocenters. The van der Waals surface area contributed by atoms with Gasteiger partial charge in [-0.1, -0.05) is 24.3 Å². The van der Waals surface area contributed by atoms with Crippen molar-refractivity contribution in [2.24, 2.45) is 0 Å². The second kappa shape index (κ2) is 3.53. The minimum absolute atomic E-state index is 0.381. The molecule has 19 heavy (non-hydrogen) atoms. The van der Waals surface area contributed by atoms with Crippen molar-refractivity contribution in [1.82, 2.24) is 0 Å². The van der Waals surface area contributed by atoms with Crippen molar-refractivity contribution < 1.29 is 5.11 Å².